The quantitative estimate of drug-likeness (QED) is 0.132. The fraction of sp³-hybridized carbons (Fsp3) is 0.667. The predicted molar refractivity (Wildman–Crippen MR) is 98.9 cm³/mol. The predicted octanol–water partition coefficient (Wildman–Crippen LogP) is -2.06. The lowest BCUT2D eigenvalue weighted by Crippen LogP contribution is -2.55. The van der Waals surface area contributed by atoms with Gasteiger partial charge in [-0.05, 0) is 26.2 Å². The van der Waals surface area contributed by atoms with Crippen molar-refractivity contribution in [2.75, 3.05) is 13.2 Å². The normalized spacial score (nSPS) is 13.7. The van der Waals surface area contributed by atoms with E-state index in [9.17, 15) is 24.3 Å². The van der Waals surface area contributed by atoms with Gasteiger partial charge in [0.05, 0.1) is 18.0 Å². The number of carboxylic acid groups (broad SMARTS) is 2. The number of nitrogens with two attached hydrogens (primary N) is 1. The Labute approximate surface area is 161 Å². The number of carbonyl (C=O) groups excluding carboxylic acids is 2. The topological polar surface area (TPSA) is 191 Å². The Bertz CT molecular complexity index is 558. The largest absolute Gasteiger partial charge is 0.481 e. The zero-order valence-electron chi connectivity index (χ0n) is 14.9. The zero-order valence-corrected chi connectivity index (χ0v) is 15.8. The maximum Gasteiger partial charge on any atom is 0.326 e. The maximum absolute atomic E-state index is 12.2. The van der Waals surface area contributed by atoms with Crippen molar-refractivity contribution in [3.05, 3.63) is 0 Å². The number of rotatable bonds is 13. The maximum atomic E-state index is 12.2. The Balaban J connectivity index is 4.80. The van der Waals surface area contributed by atoms with Crippen LogP contribution in [0.15, 0.2) is 0 Å². The highest BCUT2D eigenvalue weighted by Crippen LogP contribution is 2.03. The van der Waals surface area contributed by atoms with Gasteiger partial charge in [0, 0.05) is 6.54 Å². The first-order valence-corrected chi connectivity index (χ1v) is 8.65. The number of nitrogens with one attached hydrogen (secondary N) is 3. The van der Waals surface area contributed by atoms with Crippen molar-refractivity contribution < 1.29 is 34.5 Å². The average molecular weight is 406 g/mol. The van der Waals surface area contributed by atoms with Crippen LogP contribution in [0.4, 0.5) is 0 Å². The number of aliphatic carboxylic acids is 2. The molecule has 0 radical (unpaired) electrons. The van der Waals surface area contributed by atoms with Crippen LogP contribution in [0, 0.1) is 0 Å². The average Bonchev–Trinajstić information content (AvgIpc) is 2.57. The molecule has 11 nitrogen and oxygen atoms in total. The van der Waals surface area contributed by atoms with Gasteiger partial charge in [0.2, 0.25) is 11.8 Å². The molecular formula is C15H26N4O7S. The molecule has 27 heavy (non-hydrogen) atoms. The highest BCUT2D eigenvalue weighted by molar-refractivity contribution is 7.80. The molecule has 0 unspecified atom stereocenters. The third-order valence-corrected chi connectivity index (χ3v) is 3.60. The van der Waals surface area contributed by atoms with Gasteiger partial charge in [0.1, 0.15) is 18.1 Å². The van der Waals surface area contributed by atoms with Crippen molar-refractivity contribution in [2.24, 2.45) is 5.73 Å². The van der Waals surface area contributed by atoms with Crippen molar-refractivity contribution in [3.8, 4) is 0 Å². The molecule has 0 aromatic rings. The van der Waals surface area contributed by atoms with E-state index in [0.29, 0.717) is 24.4 Å². The molecule has 3 atom stereocenters. The standard InChI is InChI=1S/C15H26N4O7S/c1-8(27)17-5-3-2-4-10(15(25)26)18-14(24)11(6-12(21)22)19-13(23)9(16)7-20/h9-11,20H,2-7,16H2,1H3,(H,17,27)(H,18,24)(H,19,23)(H,21,22)(H,25,26)/t9-,10-,11-/m0/s1. The molecular weight excluding hydrogens is 380 g/mol. The summed E-state index contributed by atoms with van der Waals surface area (Å²) in [7, 11) is 0. The molecule has 0 saturated carbocycles. The number of aliphatic hydroxyl groups excluding tert-OH is 1. The molecule has 0 heterocycles. The molecule has 154 valence electrons. The lowest BCUT2D eigenvalue weighted by Gasteiger charge is -2.21. The minimum Gasteiger partial charge on any atom is -0.481 e. The summed E-state index contributed by atoms with van der Waals surface area (Å²) in [4.78, 5) is 46.8. The third-order valence-electron chi connectivity index (χ3n) is 3.45. The van der Waals surface area contributed by atoms with Crippen LogP contribution in [-0.4, -0.2) is 75.3 Å². The fourth-order valence-corrected chi connectivity index (χ4v) is 2.12. The van der Waals surface area contributed by atoms with Crippen molar-refractivity contribution in [3.63, 3.8) is 0 Å². The SMILES string of the molecule is CC(=S)NCCCC[C@H](NC(=O)[C@H](CC(=O)O)NC(=O)[C@@H](N)CO)C(=O)O. The molecule has 0 aromatic heterocycles. The summed E-state index contributed by atoms with van der Waals surface area (Å²) >= 11 is 4.85. The van der Waals surface area contributed by atoms with Crippen LogP contribution >= 0.6 is 12.2 Å². The van der Waals surface area contributed by atoms with E-state index >= 15 is 0 Å². The molecule has 0 spiro atoms. The monoisotopic (exact) mass is 406 g/mol. The van der Waals surface area contributed by atoms with E-state index in [0.717, 1.165) is 0 Å². The number of hydrogen-bond acceptors (Lipinski definition) is 7. The van der Waals surface area contributed by atoms with Gasteiger partial charge in [0.15, 0.2) is 0 Å². The minimum atomic E-state index is -1.52. The van der Waals surface area contributed by atoms with Crippen LogP contribution in [0.3, 0.4) is 0 Å². The summed E-state index contributed by atoms with van der Waals surface area (Å²) in [6, 6.07) is -4.10. The molecule has 0 aromatic carbocycles. The first kappa shape index (κ1) is 24.7. The summed E-state index contributed by atoms with van der Waals surface area (Å²) in [5.74, 6) is -4.54. The second-order valence-electron chi connectivity index (χ2n) is 5.83. The summed E-state index contributed by atoms with van der Waals surface area (Å²) in [6.45, 7) is 1.59. The zero-order chi connectivity index (χ0) is 21.0. The van der Waals surface area contributed by atoms with E-state index < -0.39 is 54.9 Å². The second kappa shape index (κ2) is 12.9. The van der Waals surface area contributed by atoms with Crippen molar-refractivity contribution in [1.82, 2.24) is 16.0 Å². The van der Waals surface area contributed by atoms with Gasteiger partial charge < -0.3 is 37.0 Å². The molecule has 0 aliphatic carbocycles. The van der Waals surface area contributed by atoms with E-state index in [2.05, 4.69) is 16.0 Å². The second-order valence-corrected chi connectivity index (χ2v) is 6.44. The number of unbranched alkanes of at least 4 members (excludes halogenated alkanes) is 1. The van der Waals surface area contributed by atoms with Gasteiger partial charge in [-0.15, -0.1) is 0 Å². The lowest BCUT2D eigenvalue weighted by atomic mass is 10.1. The Morgan fingerprint density at radius 3 is 2.11 bits per heavy atom. The number of thiocarbonyl (C=S) groups is 1. The molecule has 0 fully saturated rings. The van der Waals surface area contributed by atoms with Gasteiger partial charge in [-0.3, -0.25) is 14.4 Å². The van der Waals surface area contributed by atoms with E-state index in [4.69, 9.17) is 28.2 Å². The van der Waals surface area contributed by atoms with E-state index in [1.165, 1.54) is 0 Å². The smallest absolute Gasteiger partial charge is 0.326 e. The Hall–Kier alpha value is -2.31. The van der Waals surface area contributed by atoms with Gasteiger partial charge >= 0.3 is 11.9 Å². The Morgan fingerprint density at radius 2 is 1.63 bits per heavy atom. The highest BCUT2D eigenvalue weighted by Gasteiger charge is 2.29. The molecule has 0 bridgehead atoms. The van der Waals surface area contributed by atoms with E-state index in [1.807, 2.05) is 0 Å². The molecule has 0 aliphatic rings. The minimum absolute atomic E-state index is 0.114. The molecule has 0 saturated heterocycles. The van der Waals surface area contributed by atoms with Crippen LogP contribution in [0.25, 0.3) is 0 Å². The van der Waals surface area contributed by atoms with Crippen molar-refractivity contribution >= 4 is 41.0 Å². The summed E-state index contributed by atoms with van der Waals surface area (Å²) in [6.07, 6.45) is 0.440. The number of carbonyl (C=O) groups is 4. The highest BCUT2D eigenvalue weighted by atomic mass is 32.1. The van der Waals surface area contributed by atoms with Crippen LogP contribution in [0.2, 0.25) is 0 Å². The van der Waals surface area contributed by atoms with Crippen LogP contribution in [0.5, 0.6) is 0 Å². The Morgan fingerprint density at radius 1 is 1.04 bits per heavy atom. The molecule has 0 aliphatic heterocycles. The van der Waals surface area contributed by atoms with Crippen molar-refractivity contribution in [1.29, 1.82) is 0 Å². The van der Waals surface area contributed by atoms with E-state index in [-0.39, 0.29) is 6.42 Å². The van der Waals surface area contributed by atoms with Gasteiger partial charge in [-0.1, -0.05) is 12.2 Å². The summed E-state index contributed by atoms with van der Waals surface area (Å²) < 4.78 is 0. The number of hydrogen-bond donors (Lipinski definition) is 7. The van der Waals surface area contributed by atoms with Gasteiger partial charge in [-0.2, -0.15) is 0 Å². The van der Waals surface area contributed by atoms with Crippen molar-refractivity contribution in [2.45, 2.75) is 50.7 Å². The number of aliphatic hydroxyl groups is 1. The molecule has 0 rings (SSSR count). The fourth-order valence-electron chi connectivity index (χ4n) is 2.01. The van der Waals surface area contributed by atoms with Gasteiger partial charge in [-0.25, -0.2) is 4.79 Å². The summed E-state index contributed by atoms with van der Waals surface area (Å²) in [5.41, 5.74) is 5.31. The van der Waals surface area contributed by atoms with Crippen LogP contribution in [-0.2, 0) is 19.2 Å². The molecule has 8 N–H and O–H groups in total. The number of carboxylic acids is 2. The number of amides is 2. The van der Waals surface area contributed by atoms with Crippen LogP contribution in [0.1, 0.15) is 32.6 Å². The Kier molecular flexibility index (Phi) is 11.8. The summed E-state index contributed by atoms with van der Waals surface area (Å²) in [5, 5.41) is 34.2. The molecule has 12 heteroatoms. The third kappa shape index (κ3) is 11.1. The van der Waals surface area contributed by atoms with E-state index in [1.54, 1.807) is 6.92 Å². The lowest BCUT2D eigenvalue weighted by molar-refractivity contribution is -0.143. The first-order chi connectivity index (χ1) is 12.6. The molecule has 2 amide bonds. The van der Waals surface area contributed by atoms with Crippen LogP contribution < -0.4 is 21.7 Å². The first-order valence-electron chi connectivity index (χ1n) is 8.24. The van der Waals surface area contributed by atoms with Gasteiger partial charge in [0.25, 0.3) is 0 Å².